The molecule has 0 spiro atoms. The van der Waals surface area contributed by atoms with Crippen molar-refractivity contribution in [3.63, 3.8) is 0 Å². The normalized spacial score (nSPS) is 10.5. The van der Waals surface area contributed by atoms with Gasteiger partial charge in [0.05, 0.1) is 6.61 Å². The minimum Gasteiger partial charge on any atom is -0.459 e. The number of hydrogen-bond donors (Lipinski definition) is 2. The first-order valence-corrected chi connectivity index (χ1v) is 8.79. The Bertz CT molecular complexity index is 1070. The van der Waals surface area contributed by atoms with Crippen molar-refractivity contribution in [2.24, 2.45) is 0 Å². The van der Waals surface area contributed by atoms with Crippen LogP contribution in [0.25, 0.3) is 11.0 Å². The Morgan fingerprint density at radius 2 is 1.75 bits per heavy atom. The summed E-state index contributed by atoms with van der Waals surface area (Å²) in [7, 11) is 0. The average molecular weight is 380 g/mol. The van der Waals surface area contributed by atoms with Crippen LogP contribution in [0.1, 0.15) is 28.6 Å². The van der Waals surface area contributed by atoms with Crippen LogP contribution in [0.5, 0.6) is 0 Å². The predicted molar refractivity (Wildman–Crippen MR) is 105 cm³/mol. The van der Waals surface area contributed by atoms with Crippen LogP contribution in [0.4, 0.5) is 11.4 Å². The molecule has 0 aliphatic carbocycles. The summed E-state index contributed by atoms with van der Waals surface area (Å²) in [4.78, 5) is 36.6. The molecule has 28 heavy (non-hydrogen) atoms. The van der Waals surface area contributed by atoms with Gasteiger partial charge in [-0.25, -0.2) is 4.79 Å². The molecule has 0 bridgehead atoms. The predicted octanol–water partition coefficient (Wildman–Crippen LogP) is 3.80. The first-order chi connectivity index (χ1) is 13.4. The van der Waals surface area contributed by atoms with E-state index in [0.29, 0.717) is 16.7 Å². The lowest BCUT2D eigenvalue weighted by atomic mass is 10.1. The zero-order valence-corrected chi connectivity index (χ0v) is 15.8. The maximum atomic E-state index is 12.8. The highest BCUT2D eigenvalue weighted by molar-refractivity contribution is 6.38. The molecule has 0 saturated heterocycles. The van der Waals surface area contributed by atoms with Crippen LogP contribution in [0, 0.1) is 13.8 Å². The number of hydrogen-bond acceptors (Lipinski definition) is 5. The SMILES string of the molecule is CCOC(=O)C(=O)Nc1c(C(=O)Nc2ccc(C)c(C)c2)oc2ccccc12. The molecular formula is C21H20N2O5. The lowest BCUT2D eigenvalue weighted by Gasteiger charge is -2.08. The molecule has 2 amide bonds. The van der Waals surface area contributed by atoms with Crippen molar-refractivity contribution < 1.29 is 23.5 Å². The Hall–Kier alpha value is -3.61. The fourth-order valence-corrected chi connectivity index (χ4v) is 2.70. The summed E-state index contributed by atoms with van der Waals surface area (Å²) in [5.74, 6) is -2.65. The molecule has 7 nitrogen and oxygen atoms in total. The highest BCUT2D eigenvalue weighted by Crippen LogP contribution is 2.31. The van der Waals surface area contributed by atoms with Crippen LogP contribution in [0.2, 0.25) is 0 Å². The number of benzene rings is 2. The summed E-state index contributed by atoms with van der Waals surface area (Å²) in [6.45, 7) is 5.58. The van der Waals surface area contributed by atoms with E-state index >= 15 is 0 Å². The van der Waals surface area contributed by atoms with E-state index in [4.69, 9.17) is 9.15 Å². The van der Waals surface area contributed by atoms with Crippen LogP contribution in [-0.4, -0.2) is 24.4 Å². The van der Waals surface area contributed by atoms with Gasteiger partial charge in [0.25, 0.3) is 5.91 Å². The second-order valence-electron chi connectivity index (χ2n) is 6.23. The average Bonchev–Trinajstić information content (AvgIpc) is 3.03. The monoisotopic (exact) mass is 380 g/mol. The molecule has 0 unspecified atom stereocenters. The van der Waals surface area contributed by atoms with Crippen LogP contribution < -0.4 is 10.6 Å². The molecular weight excluding hydrogens is 360 g/mol. The number of furan rings is 1. The van der Waals surface area contributed by atoms with E-state index in [1.165, 1.54) is 0 Å². The fourth-order valence-electron chi connectivity index (χ4n) is 2.70. The number of nitrogens with one attached hydrogen (secondary N) is 2. The Morgan fingerprint density at radius 1 is 1.00 bits per heavy atom. The Labute approximate surface area is 161 Å². The highest BCUT2D eigenvalue weighted by atomic mass is 16.5. The Balaban J connectivity index is 1.95. The summed E-state index contributed by atoms with van der Waals surface area (Å²) in [5.41, 5.74) is 3.25. The highest BCUT2D eigenvalue weighted by Gasteiger charge is 2.25. The van der Waals surface area contributed by atoms with Gasteiger partial charge in [0.15, 0.2) is 0 Å². The Kier molecular flexibility index (Phi) is 5.44. The van der Waals surface area contributed by atoms with Crippen molar-refractivity contribution in [1.82, 2.24) is 0 Å². The molecule has 144 valence electrons. The second-order valence-corrected chi connectivity index (χ2v) is 6.23. The number of rotatable bonds is 4. The van der Waals surface area contributed by atoms with Crippen molar-refractivity contribution >= 4 is 40.1 Å². The molecule has 1 heterocycles. The number of fused-ring (bicyclic) bond motifs is 1. The smallest absolute Gasteiger partial charge is 0.397 e. The first kappa shape index (κ1) is 19.2. The van der Waals surface area contributed by atoms with Gasteiger partial charge in [-0.3, -0.25) is 9.59 Å². The molecule has 2 N–H and O–H groups in total. The second kappa shape index (κ2) is 7.96. The van der Waals surface area contributed by atoms with E-state index in [0.717, 1.165) is 11.1 Å². The van der Waals surface area contributed by atoms with Crippen molar-refractivity contribution in [2.45, 2.75) is 20.8 Å². The van der Waals surface area contributed by atoms with Crippen LogP contribution in [0.15, 0.2) is 46.9 Å². The fraction of sp³-hybridized carbons (Fsp3) is 0.190. The van der Waals surface area contributed by atoms with Gasteiger partial charge in [-0.1, -0.05) is 18.2 Å². The minimum atomic E-state index is -1.03. The molecule has 0 aliphatic heterocycles. The number of para-hydroxylation sites is 1. The standard InChI is InChI=1S/C21H20N2O5/c1-4-27-21(26)20(25)23-17-15-7-5-6-8-16(15)28-18(17)19(24)22-14-10-9-12(2)13(3)11-14/h5-11H,4H2,1-3H3,(H,22,24)(H,23,25). The third-order valence-corrected chi connectivity index (χ3v) is 4.27. The molecule has 3 rings (SSSR count). The first-order valence-electron chi connectivity index (χ1n) is 8.79. The van der Waals surface area contributed by atoms with Crippen molar-refractivity contribution in [3.05, 3.63) is 59.4 Å². The van der Waals surface area contributed by atoms with Gasteiger partial charge in [-0.2, -0.15) is 0 Å². The third-order valence-electron chi connectivity index (χ3n) is 4.27. The van der Waals surface area contributed by atoms with Crippen molar-refractivity contribution in [3.8, 4) is 0 Å². The lowest BCUT2D eigenvalue weighted by Crippen LogP contribution is -2.26. The van der Waals surface area contributed by atoms with E-state index in [2.05, 4.69) is 10.6 Å². The maximum absolute atomic E-state index is 12.8. The number of carbonyl (C=O) groups is 3. The number of aryl methyl sites for hydroxylation is 2. The number of ether oxygens (including phenoxy) is 1. The van der Waals surface area contributed by atoms with Crippen molar-refractivity contribution in [2.75, 3.05) is 17.2 Å². The van der Waals surface area contributed by atoms with E-state index in [-0.39, 0.29) is 18.1 Å². The van der Waals surface area contributed by atoms with Crippen LogP contribution >= 0.6 is 0 Å². The molecule has 0 aliphatic rings. The van der Waals surface area contributed by atoms with Gasteiger partial charge in [-0.15, -0.1) is 0 Å². The molecule has 0 saturated carbocycles. The molecule has 0 atom stereocenters. The summed E-state index contributed by atoms with van der Waals surface area (Å²) in [6.07, 6.45) is 0. The van der Waals surface area contributed by atoms with Gasteiger partial charge in [0.1, 0.15) is 11.3 Å². The maximum Gasteiger partial charge on any atom is 0.397 e. The van der Waals surface area contributed by atoms with Crippen LogP contribution in [0.3, 0.4) is 0 Å². The topological polar surface area (TPSA) is 97.6 Å². The molecule has 3 aromatic rings. The van der Waals surface area contributed by atoms with Gasteiger partial charge in [0, 0.05) is 11.1 Å². The number of esters is 1. The number of carbonyl (C=O) groups excluding carboxylic acids is 3. The largest absolute Gasteiger partial charge is 0.459 e. The van der Waals surface area contributed by atoms with Crippen molar-refractivity contribution in [1.29, 1.82) is 0 Å². The van der Waals surface area contributed by atoms with E-state index in [1.807, 2.05) is 26.0 Å². The molecule has 0 radical (unpaired) electrons. The van der Waals surface area contributed by atoms with E-state index in [1.54, 1.807) is 37.3 Å². The summed E-state index contributed by atoms with van der Waals surface area (Å²) in [6, 6.07) is 12.4. The van der Waals surface area contributed by atoms with E-state index in [9.17, 15) is 14.4 Å². The number of amides is 2. The van der Waals surface area contributed by atoms with Gasteiger partial charge >= 0.3 is 11.9 Å². The van der Waals surface area contributed by atoms with Gasteiger partial charge < -0.3 is 19.8 Å². The zero-order valence-electron chi connectivity index (χ0n) is 15.8. The molecule has 1 aromatic heterocycles. The molecule has 2 aromatic carbocycles. The van der Waals surface area contributed by atoms with Gasteiger partial charge in [-0.05, 0) is 56.2 Å². The summed E-state index contributed by atoms with van der Waals surface area (Å²) >= 11 is 0. The third kappa shape index (κ3) is 3.88. The number of anilines is 2. The van der Waals surface area contributed by atoms with Gasteiger partial charge in [0.2, 0.25) is 5.76 Å². The summed E-state index contributed by atoms with van der Waals surface area (Å²) in [5, 5.41) is 5.70. The molecule has 7 heteroatoms. The van der Waals surface area contributed by atoms with Crippen LogP contribution in [-0.2, 0) is 14.3 Å². The minimum absolute atomic E-state index is 0.0680. The lowest BCUT2D eigenvalue weighted by molar-refractivity contribution is -0.152. The Morgan fingerprint density at radius 3 is 2.46 bits per heavy atom. The van der Waals surface area contributed by atoms with E-state index < -0.39 is 17.8 Å². The summed E-state index contributed by atoms with van der Waals surface area (Å²) < 4.78 is 10.4. The molecule has 0 fully saturated rings. The zero-order chi connectivity index (χ0) is 20.3. The quantitative estimate of drug-likeness (QED) is 0.530.